The molecule has 0 saturated carbocycles. The highest BCUT2D eigenvalue weighted by atomic mass is 32.2. The predicted octanol–water partition coefficient (Wildman–Crippen LogP) is 0.776. The van der Waals surface area contributed by atoms with Crippen molar-refractivity contribution in [1.82, 2.24) is 14.6 Å². The smallest absolute Gasteiger partial charge is 0.228 e. The maximum atomic E-state index is 12.7. The lowest BCUT2D eigenvalue weighted by atomic mass is 9.90. The first-order valence-corrected chi connectivity index (χ1v) is 11.9. The van der Waals surface area contributed by atoms with Crippen LogP contribution in [0.2, 0.25) is 0 Å². The lowest BCUT2D eigenvalue weighted by Crippen LogP contribution is -2.50. The van der Waals surface area contributed by atoms with Crippen LogP contribution in [-0.4, -0.2) is 68.0 Å². The Labute approximate surface area is 181 Å². The zero-order chi connectivity index (χ0) is 21.8. The van der Waals surface area contributed by atoms with E-state index in [1.165, 1.54) is 4.31 Å². The van der Waals surface area contributed by atoms with Crippen LogP contribution in [0.3, 0.4) is 0 Å². The average molecular weight is 444 g/mol. The van der Waals surface area contributed by atoms with Gasteiger partial charge in [0, 0.05) is 51.0 Å². The SMILES string of the molecule is O=C1CC(C(=O)NCCS(=O)(=O)N2CCN(c3ccccn3)CC2)c2ccccc2N1. The van der Waals surface area contributed by atoms with Crippen LogP contribution < -0.4 is 15.5 Å². The summed E-state index contributed by atoms with van der Waals surface area (Å²) in [4.78, 5) is 30.9. The zero-order valence-corrected chi connectivity index (χ0v) is 17.8. The molecule has 1 atom stereocenters. The number of hydrogen-bond acceptors (Lipinski definition) is 6. The quantitative estimate of drug-likeness (QED) is 0.682. The molecule has 2 amide bonds. The third-order valence-corrected chi connectivity index (χ3v) is 7.45. The zero-order valence-electron chi connectivity index (χ0n) is 17.0. The Kier molecular flexibility index (Phi) is 6.19. The highest BCUT2D eigenvalue weighted by molar-refractivity contribution is 7.89. The number of amides is 2. The molecule has 0 aliphatic carbocycles. The Balaban J connectivity index is 1.29. The molecule has 1 aromatic carbocycles. The molecule has 0 bridgehead atoms. The lowest BCUT2D eigenvalue weighted by molar-refractivity contribution is -0.126. The summed E-state index contributed by atoms with van der Waals surface area (Å²) in [6, 6.07) is 12.8. The molecule has 1 saturated heterocycles. The van der Waals surface area contributed by atoms with Gasteiger partial charge in [0.1, 0.15) is 5.82 Å². The van der Waals surface area contributed by atoms with E-state index in [0.29, 0.717) is 31.9 Å². The monoisotopic (exact) mass is 443 g/mol. The van der Waals surface area contributed by atoms with Crippen molar-refractivity contribution in [3.8, 4) is 0 Å². The van der Waals surface area contributed by atoms with E-state index in [2.05, 4.69) is 20.5 Å². The normalized spacial score (nSPS) is 19.4. The molecule has 31 heavy (non-hydrogen) atoms. The standard InChI is InChI=1S/C21H25N5O4S/c27-20-15-17(16-5-1-2-6-18(16)24-20)21(28)23-9-14-31(29,30)26-12-10-25(11-13-26)19-7-3-4-8-22-19/h1-8,17H,9-15H2,(H,23,28)(H,24,27). The number of nitrogens with zero attached hydrogens (tertiary/aromatic N) is 3. The van der Waals surface area contributed by atoms with Gasteiger partial charge in [-0.05, 0) is 23.8 Å². The van der Waals surface area contributed by atoms with Gasteiger partial charge in [-0.2, -0.15) is 4.31 Å². The number of hydrogen-bond donors (Lipinski definition) is 2. The summed E-state index contributed by atoms with van der Waals surface area (Å²) < 4.78 is 26.9. The van der Waals surface area contributed by atoms with E-state index in [1.807, 2.05) is 24.3 Å². The van der Waals surface area contributed by atoms with Crippen LogP contribution in [0, 0.1) is 0 Å². The minimum atomic E-state index is -3.49. The van der Waals surface area contributed by atoms with Crippen LogP contribution in [0.15, 0.2) is 48.7 Å². The van der Waals surface area contributed by atoms with E-state index < -0.39 is 15.9 Å². The number of piperazine rings is 1. The number of rotatable bonds is 6. The molecule has 9 nitrogen and oxygen atoms in total. The van der Waals surface area contributed by atoms with Gasteiger partial charge in [0.2, 0.25) is 21.8 Å². The summed E-state index contributed by atoms with van der Waals surface area (Å²) in [5, 5.41) is 5.45. The molecule has 10 heteroatoms. The third kappa shape index (κ3) is 4.86. The Bertz CT molecular complexity index is 1050. The summed E-state index contributed by atoms with van der Waals surface area (Å²) >= 11 is 0. The van der Waals surface area contributed by atoms with E-state index in [-0.39, 0.29) is 30.5 Å². The maximum absolute atomic E-state index is 12.7. The average Bonchev–Trinajstić information content (AvgIpc) is 2.79. The second-order valence-electron chi connectivity index (χ2n) is 7.57. The summed E-state index contributed by atoms with van der Waals surface area (Å²) in [6.07, 6.45) is 1.76. The van der Waals surface area contributed by atoms with Crippen LogP contribution in [0.4, 0.5) is 11.5 Å². The fourth-order valence-electron chi connectivity index (χ4n) is 3.94. The molecule has 1 unspecified atom stereocenters. The van der Waals surface area contributed by atoms with Crippen molar-refractivity contribution >= 4 is 33.3 Å². The molecule has 0 spiro atoms. The maximum Gasteiger partial charge on any atom is 0.228 e. The molecule has 4 rings (SSSR count). The number of benzene rings is 1. The van der Waals surface area contributed by atoms with E-state index in [1.54, 1.807) is 24.4 Å². The second kappa shape index (κ2) is 9.03. The summed E-state index contributed by atoms with van der Waals surface area (Å²) in [5.41, 5.74) is 1.37. The fraction of sp³-hybridized carbons (Fsp3) is 0.381. The number of sulfonamides is 1. The molecule has 2 aromatic rings. The largest absolute Gasteiger partial charge is 0.354 e. The van der Waals surface area contributed by atoms with Gasteiger partial charge in [-0.1, -0.05) is 24.3 Å². The third-order valence-electron chi connectivity index (χ3n) is 5.58. The molecule has 3 heterocycles. The van der Waals surface area contributed by atoms with Gasteiger partial charge in [-0.15, -0.1) is 0 Å². The minimum absolute atomic E-state index is 0.00189. The van der Waals surface area contributed by atoms with Crippen LogP contribution >= 0.6 is 0 Å². The Morgan fingerprint density at radius 1 is 1.10 bits per heavy atom. The van der Waals surface area contributed by atoms with E-state index in [4.69, 9.17) is 0 Å². The number of para-hydroxylation sites is 1. The van der Waals surface area contributed by atoms with Crippen LogP contribution in [-0.2, 0) is 19.6 Å². The van der Waals surface area contributed by atoms with Crippen molar-refractivity contribution in [2.24, 2.45) is 0 Å². The molecule has 164 valence electrons. The number of pyridine rings is 1. The Morgan fingerprint density at radius 3 is 2.58 bits per heavy atom. The van der Waals surface area contributed by atoms with Crippen molar-refractivity contribution in [1.29, 1.82) is 0 Å². The van der Waals surface area contributed by atoms with Gasteiger partial charge in [0.25, 0.3) is 0 Å². The van der Waals surface area contributed by atoms with E-state index in [9.17, 15) is 18.0 Å². The van der Waals surface area contributed by atoms with E-state index >= 15 is 0 Å². The van der Waals surface area contributed by atoms with Crippen molar-refractivity contribution in [3.63, 3.8) is 0 Å². The molecule has 2 aliphatic heterocycles. The molecular formula is C21H25N5O4S. The first kappa shape index (κ1) is 21.3. The first-order chi connectivity index (χ1) is 14.9. The van der Waals surface area contributed by atoms with Crippen molar-refractivity contribution < 1.29 is 18.0 Å². The lowest BCUT2D eigenvalue weighted by Gasteiger charge is -2.34. The molecule has 0 radical (unpaired) electrons. The second-order valence-corrected chi connectivity index (χ2v) is 9.66. The summed E-state index contributed by atoms with van der Waals surface area (Å²) in [7, 11) is -3.49. The molecule has 1 aromatic heterocycles. The topological polar surface area (TPSA) is 112 Å². The molecule has 2 aliphatic rings. The van der Waals surface area contributed by atoms with Gasteiger partial charge >= 0.3 is 0 Å². The fourth-order valence-corrected chi connectivity index (χ4v) is 5.27. The number of carbonyl (C=O) groups excluding carboxylic acids is 2. The summed E-state index contributed by atoms with van der Waals surface area (Å²) in [6.45, 7) is 1.89. The Morgan fingerprint density at radius 2 is 1.84 bits per heavy atom. The number of anilines is 2. The molecule has 1 fully saturated rings. The first-order valence-electron chi connectivity index (χ1n) is 10.2. The highest BCUT2D eigenvalue weighted by Gasteiger charge is 2.31. The van der Waals surface area contributed by atoms with Crippen LogP contribution in [0.5, 0.6) is 0 Å². The van der Waals surface area contributed by atoms with Gasteiger partial charge in [0.15, 0.2) is 0 Å². The molecule has 2 N–H and O–H groups in total. The predicted molar refractivity (Wildman–Crippen MR) is 117 cm³/mol. The number of fused-ring (bicyclic) bond motifs is 1. The van der Waals surface area contributed by atoms with Crippen molar-refractivity contribution in [3.05, 3.63) is 54.2 Å². The van der Waals surface area contributed by atoms with E-state index in [0.717, 1.165) is 11.4 Å². The van der Waals surface area contributed by atoms with Gasteiger partial charge < -0.3 is 15.5 Å². The van der Waals surface area contributed by atoms with Crippen LogP contribution in [0.25, 0.3) is 0 Å². The highest BCUT2D eigenvalue weighted by Crippen LogP contribution is 2.31. The number of aromatic nitrogens is 1. The van der Waals surface area contributed by atoms with Gasteiger partial charge in [-0.25, -0.2) is 13.4 Å². The van der Waals surface area contributed by atoms with Crippen molar-refractivity contribution in [2.45, 2.75) is 12.3 Å². The van der Waals surface area contributed by atoms with Gasteiger partial charge in [0.05, 0.1) is 11.7 Å². The minimum Gasteiger partial charge on any atom is -0.354 e. The number of carbonyl (C=O) groups is 2. The van der Waals surface area contributed by atoms with Gasteiger partial charge in [-0.3, -0.25) is 9.59 Å². The van der Waals surface area contributed by atoms with Crippen molar-refractivity contribution in [2.75, 3.05) is 48.7 Å². The summed E-state index contributed by atoms with van der Waals surface area (Å²) in [5.74, 6) is -0.518. The number of nitrogens with one attached hydrogen (secondary N) is 2. The Hall–Kier alpha value is -2.98. The molecular weight excluding hydrogens is 418 g/mol. The van der Waals surface area contributed by atoms with Crippen LogP contribution in [0.1, 0.15) is 17.9 Å².